The third kappa shape index (κ3) is 3.17. The molecule has 0 saturated heterocycles. The van der Waals surface area contributed by atoms with Crippen LogP contribution in [0.5, 0.6) is 0 Å². The lowest BCUT2D eigenvalue weighted by atomic mass is 10.1. The van der Waals surface area contributed by atoms with Gasteiger partial charge in [-0.25, -0.2) is 4.90 Å². The number of rotatable bonds is 4. The monoisotopic (exact) mass is 354 g/mol. The number of halogens is 1. The normalized spacial score (nSPS) is 15.8. The van der Waals surface area contributed by atoms with Crippen LogP contribution in [-0.2, 0) is 9.59 Å². The van der Waals surface area contributed by atoms with E-state index in [1.54, 1.807) is 6.07 Å². The summed E-state index contributed by atoms with van der Waals surface area (Å²) in [5, 5.41) is 3.01. The molecule has 4 nitrogen and oxygen atoms in total. The Balaban J connectivity index is 1.88. The van der Waals surface area contributed by atoms with Gasteiger partial charge in [0.25, 0.3) is 11.8 Å². The third-order valence-electron chi connectivity index (χ3n) is 4.44. The molecule has 0 radical (unpaired) electrons. The second-order valence-corrected chi connectivity index (χ2v) is 6.56. The zero-order chi connectivity index (χ0) is 18.1. The molecule has 1 N–H and O–H groups in total. The van der Waals surface area contributed by atoms with E-state index in [9.17, 15) is 9.59 Å². The largest absolute Gasteiger partial charge is 0.373 e. The van der Waals surface area contributed by atoms with Crippen LogP contribution in [-0.4, -0.2) is 11.8 Å². The number of anilines is 1. The van der Waals surface area contributed by atoms with Crippen LogP contribution in [0, 0.1) is 13.8 Å². The second-order valence-electron chi connectivity index (χ2n) is 6.18. The highest BCUT2D eigenvalue weighted by atomic mass is 35.5. The van der Waals surface area contributed by atoms with Gasteiger partial charge >= 0.3 is 0 Å². The van der Waals surface area contributed by atoms with Gasteiger partial charge in [0.1, 0.15) is 10.7 Å². The van der Waals surface area contributed by atoms with Crippen LogP contribution in [0.4, 0.5) is 5.69 Å². The lowest BCUT2D eigenvalue weighted by Gasteiger charge is -2.18. The van der Waals surface area contributed by atoms with Crippen LogP contribution in [0.15, 0.2) is 59.3 Å². The first-order chi connectivity index (χ1) is 11.9. The Labute approximate surface area is 152 Å². The zero-order valence-electron chi connectivity index (χ0n) is 14.3. The van der Waals surface area contributed by atoms with Gasteiger partial charge in [0.15, 0.2) is 0 Å². The number of aryl methyl sites for hydroxylation is 2. The fourth-order valence-corrected chi connectivity index (χ4v) is 2.99. The van der Waals surface area contributed by atoms with Crippen LogP contribution >= 0.6 is 11.6 Å². The maximum absolute atomic E-state index is 12.8. The lowest BCUT2D eigenvalue weighted by Crippen LogP contribution is -2.34. The number of carbonyl (C=O) groups excluding carboxylic acids is 2. The van der Waals surface area contributed by atoms with Crippen LogP contribution in [0.25, 0.3) is 0 Å². The van der Waals surface area contributed by atoms with E-state index < -0.39 is 11.8 Å². The number of benzene rings is 2. The molecule has 0 fully saturated rings. The first-order valence-electron chi connectivity index (χ1n) is 8.07. The summed E-state index contributed by atoms with van der Waals surface area (Å²) in [4.78, 5) is 26.4. The van der Waals surface area contributed by atoms with Crippen LogP contribution in [0.1, 0.15) is 29.7 Å². The highest BCUT2D eigenvalue weighted by Crippen LogP contribution is 2.30. The fraction of sp³-hybridized carbons (Fsp3) is 0.200. The summed E-state index contributed by atoms with van der Waals surface area (Å²) in [6.45, 7) is 5.84. The van der Waals surface area contributed by atoms with E-state index in [-0.39, 0.29) is 16.8 Å². The van der Waals surface area contributed by atoms with Crippen molar-refractivity contribution in [1.82, 2.24) is 5.32 Å². The van der Waals surface area contributed by atoms with Crippen molar-refractivity contribution in [2.45, 2.75) is 26.8 Å². The molecule has 128 valence electrons. The summed E-state index contributed by atoms with van der Waals surface area (Å²) < 4.78 is 0. The molecule has 3 rings (SSSR count). The lowest BCUT2D eigenvalue weighted by molar-refractivity contribution is -0.120. The number of carbonyl (C=O) groups is 2. The van der Waals surface area contributed by atoms with Gasteiger partial charge in [-0.1, -0.05) is 48.0 Å². The molecule has 1 aliphatic rings. The number of imide groups is 1. The Hall–Kier alpha value is -2.59. The summed E-state index contributed by atoms with van der Waals surface area (Å²) in [5.74, 6) is -0.932. The van der Waals surface area contributed by atoms with Crippen molar-refractivity contribution >= 4 is 29.1 Å². The Kier molecular flexibility index (Phi) is 4.64. The minimum absolute atomic E-state index is 0.0778. The second kappa shape index (κ2) is 6.73. The Morgan fingerprint density at radius 3 is 2.28 bits per heavy atom. The standard InChI is InChI=1S/C20H19ClN2O2/c1-12-9-10-16(11-13(12)2)23-19(24)17(21)18(20(23)25)22-14(3)15-7-5-4-6-8-15/h4-11,14,22H,1-3H3. The van der Waals surface area contributed by atoms with Gasteiger partial charge in [0.05, 0.1) is 5.69 Å². The summed E-state index contributed by atoms with van der Waals surface area (Å²) in [7, 11) is 0. The highest BCUT2D eigenvalue weighted by molar-refractivity contribution is 6.52. The molecule has 0 aromatic heterocycles. The Morgan fingerprint density at radius 2 is 1.64 bits per heavy atom. The molecule has 1 atom stereocenters. The van der Waals surface area contributed by atoms with E-state index >= 15 is 0 Å². The number of hydrogen-bond donors (Lipinski definition) is 1. The molecule has 2 aromatic carbocycles. The molecule has 2 aromatic rings. The molecule has 5 heteroatoms. The van der Waals surface area contributed by atoms with Crippen molar-refractivity contribution in [1.29, 1.82) is 0 Å². The van der Waals surface area contributed by atoms with E-state index in [1.807, 2.05) is 63.2 Å². The number of amides is 2. The molecule has 1 aliphatic heterocycles. The van der Waals surface area contributed by atoms with Gasteiger partial charge < -0.3 is 5.32 Å². The first-order valence-corrected chi connectivity index (χ1v) is 8.45. The van der Waals surface area contributed by atoms with E-state index in [0.717, 1.165) is 21.6 Å². The Morgan fingerprint density at radius 1 is 0.960 bits per heavy atom. The van der Waals surface area contributed by atoms with Gasteiger partial charge in [-0.05, 0) is 49.6 Å². The summed E-state index contributed by atoms with van der Waals surface area (Å²) in [6, 6.07) is 15.0. The first kappa shape index (κ1) is 17.2. The van der Waals surface area contributed by atoms with Gasteiger partial charge in [0, 0.05) is 6.04 Å². The third-order valence-corrected chi connectivity index (χ3v) is 4.79. The van der Waals surface area contributed by atoms with Crippen molar-refractivity contribution in [2.24, 2.45) is 0 Å². The van der Waals surface area contributed by atoms with Crippen molar-refractivity contribution in [3.8, 4) is 0 Å². The van der Waals surface area contributed by atoms with Crippen molar-refractivity contribution < 1.29 is 9.59 Å². The van der Waals surface area contributed by atoms with Crippen LogP contribution in [0.2, 0.25) is 0 Å². The molecule has 2 amide bonds. The topological polar surface area (TPSA) is 49.4 Å². The quantitative estimate of drug-likeness (QED) is 0.845. The van der Waals surface area contributed by atoms with Gasteiger partial charge in [-0.3, -0.25) is 9.59 Å². The zero-order valence-corrected chi connectivity index (χ0v) is 15.1. The summed E-state index contributed by atoms with van der Waals surface area (Å²) in [5.41, 5.74) is 3.78. The number of nitrogens with one attached hydrogen (secondary N) is 1. The molecular weight excluding hydrogens is 336 g/mol. The smallest absolute Gasteiger partial charge is 0.283 e. The van der Waals surface area contributed by atoms with Gasteiger partial charge in [-0.2, -0.15) is 0 Å². The predicted molar refractivity (Wildman–Crippen MR) is 99.3 cm³/mol. The number of nitrogens with zero attached hydrogens (tertiary/aromatic N) is 1. The maximum atomic E-state index is 12.8. The molecule has 1 heterocycles. The van der Waals surface area contributed by atoms with E-state index in [4.69, 9.17) is 11.6 Å². The van der Waals surface area contributed by atoms with Crippen LogP contribution < -0.4 is 10.2 Å². The molecule has 25 heavy (non-hydrogen) atoms. The van der Waals surface area contributed by atoms with Crippen molar-refractivity contribution in [3.63, 3.8) is 0 Å². The summed E-state index contributed by atoms with van der Waals surface area (Å²) >= 11 is 6.18. The maximum Gasteiger partial charge on any atom is 0.283 e. The minimum atomic E-state index is -0.502. The molecule has 0 saturated carbocycles. The SMILES string of the molecule is Cc1ccc(N2C(=O)C(Cl)=C(NC(C)c3ccccc3)C2=O)cc1C. The molecule has 1 unspecified atom stereocenters. The molecule has 0 spiro atoms. The highest BCUT2D eigenvalue weighted by Gasteiger charge is 2.39. The van der Waals surface area contributed by atoms with E-state index in [0.29, 0.717) is 5.69 Å². The fourth-order valence-electron chi connectivity index (χ4n) is 2.77. The van der Waals surface area contributed by atoms with Crippen molar-refractivity contribution in [2.75, 3.05) is 4.90 Å². The molecule has 0 bridgehead atoms. The van der Waals surface area contributed by atoms with Crippen molar-refractivity contribution in [3.05, 3.63) is 76.0 Å². The van der Waals surface area contributed by atoms with E-state index in [1.165, 1.54) is 0 Å². The minimum Gasteiger partial charge on any atom is -0.373 e. The number of hydrogen-bond acceptors (Lipinski definition) is 3. The molecule has 0 aliphatic carbocycles. The average molecular weight is 355 g/mol. The van der Waals surface area contributed by atoms with Gasteiger partial charge in [-0.15, -0.1) is 0 Å². The van der Waals surface area contributed by atoms with E-state index in [2.05, 4.69) is 5.32 Å². The predicted octanol–water partition coefficient (Wildman–Crippen LogP) is 3.98. The Bertz CT molecular complexity index is 875. The molecular formula is C20H19ClN2O2. The summed E-state index contributed by atoms with van der Waals surface area (Å²) in [6.07, 6.45) is 0. The van der Waals surface area contributed by atoms with Gasteiger partial charge in [0.2, 0.25) is 0 Å². The van der Waals surface area contributed by atoms with Crippen LogP contribution in [0.3, 0.4) is 0 Å². The average Bonchev–Trinajstić information content (AvgIpc) is 2.82.